The number of nitrogens with one attached hydrogen (secondary N) is 2. The van der Waals surface area contributed by atoms with Crippen LogP contribution in [0.4, 0.5) is 0 Å². The Morgan fingerprint density at radius 3 is 2.68 bits per heavy atom. The highest BCUT2D eigenvalue weighted by Gasteiger charge is 2.46. The molecule has 4 rings (SSSR count). The number of carbonyl (C=O) groups is 2. The second kappa shape index (κ2) is 7.76. The summed E-state index contributed by atoms with van der Waals surface area (Å²) in [6.45, 7) is 5.54. The van der Waals surface area contributed by atoms with E-state index in [9.17, 15) is 9.59 Å². The summed E-state index contributed by atoms with van der Waals surface area (Å²) in [4.78, 5) is 27.3. The summed E-state index contributed by atoms with van der Waals surface area (Å²) >= 11 is 0. The lowest BCUT2D eigenvalue weighted by Crippen LogP contribution is -2.61. The van der Waals surface area contributed by atoms with Crippen molar-refractivity contribution in [2.45, 2.75) is 51.4 Å². The molecule has 2 aromatic rings. The average molecular weight is 377 g/mol. The van der Waals surface area contributed by atoms with E-state index in [4.69, 9.17) is 0 Å². The van der Waals surface area contributed by atoms with E-state index in [1.165, 1.54) is 16.7 Å². The number of piperazine rings is 1. The summed E-state index contributed by atoms with van der Waals surface area (Å²) in [6, 6.07) is 15.6. The van der Waals surface area contributed by atoms with Crippen molar-refractivity contribution in [3.05, 3.63) is 70.8 Å². The summed E-state index contributed by atoms with van der Waals surface area (Å²) < 4.78 is 0. The van der Waals surface area contributed by atoms with Crippen molar-refractivity contribution >= 4 is 11.8 Å². The van der Waals surface area contributed by atoms with Crippen LogP contribution < -0.4 is 10.6 Å². The molecule has 5 heteroatoms. The zero-order valence-electron chi connectivity index (χ0n) is 16.4. The molecule has 2 amide bonds. The SMILES string of the molecule is Cc1ccc(C)c(CN[C@H]2C[C@H]3C(=O)N[C@H](Cc4ccccc4)C(=O)N3C2)c1. The topological polar surface area (TPSA) is 61.4 Å². The lowest BCUT2D eigenvalue weighted by atomic mass is 10.0. The first-order chi connectivity index (χ1) is 13.5. The molecule has 2 aromatic carbocycles. The maximum Gasteiger partial charge on any atom is 0.246 e. The summed E-state index contributed by atoms with van der Waals surface area (Å²) in [5.74, 6) is 0.000978. The summed E-state index contributed by atoms with van der Waals surface area (Å²) in [7, 11) is 0. The molecule has 2 aliphatic heterocycles. The highest BCUT2D eigenvalue weighted by Crippen LogP contribution is 2.24. The molecule has 2 N–H and O–H groups in total. The molecular weight excluding hydrogens is 350 g/mol. The Labute approximate surface area is 166 Å². The molecule has 0 spiro atoms. The number of fused-ring (bicyclic) bond motifs is 1. The van der Waals surface area contributed by atoms with E-state index in [2.05, 4.69) is 42.7 Å². The van der Waals surface area contributed by atoms with Crippen molar-refractivity contribution in [2.75, 3.05) is 6.54 Å². The predicted molar refractivity (Wildman–Crippen MR) is 109 cm³/mol. The Balaban J connectivity index is 1.40. The number of amides is 2. The molecule has 0 radical (unpaired) electrons. The Kier molecular flexibility index (Phi) is 5.18. The standard InChI is InChI=1S/C23H27N3O2/c1-15-8-9-16(2)18(10-15)13-24-19-12-21-22(27)25-20(23(28)26(21)14-19)11-17-6-4-3-5-7-17/h3-10,19-21,24H,11-14H2,1-2H3,(H,25,27)/t19-,20+,21-/m0/s1. The fraction of sp³-hybridized carbons (Fsp3) is 0.391. The Bertz CT molecular complexity index is 881. The zero-order valence-corrected chi connectivity index (χ0v) is 16.4. The number of hydrogen-bond donors (Lipinski definition) is 2. The number of aryl methyl sites for hydroxylation is 2. The molecular formula is C23H27N3O2. The molecule has 0 saturated carbocycles. The van der Waals surface area contributed by atoms with E-state index in [1.54, 1.807) is 4.90 Å². The molecule has 2 saturated heterocycles. The van der Waals surface area contributed by atoms with Gasteiger partial charge in [-0.25, -0.2) is 0 Å². The third-order valence-electron chi connectivity index (χ3n) is 5.87. The van der Waals surface area contributed by atoms with Gasteiger partial charge in [-0.2, -0.15) is 0 Å². The molecule has 28 heavy (non-hydrogen) atoms. The quantitative estimate of drug-likeness (QED) is 0.839. The molecule has 2 fully saturated rings. The van der Waals surface area contributed by atoms with E-state index in [1.807, 2.05) is 30.3 Å². The van der Waals surface area contributed by atoms with Crippen LogP contribution in [0.5, 0.6) is 0 Å². The van der Waals surface area contributed by atoms with Gasteiger partial charge in [0.2, 0.25) is 11.8 Å². The fourth-order valence-corrected chi connectivity index (χ4v) is 4.24. The molecule has 3 atom stereocenters. The van der Waals surface area contributed by atoms with Crippen LogP contribution in [0, 0.1) is 13.8 Å². The van der Waals surface area contributed by atoms with Crippen molar-refractivity contribution in [1.29, 1.82) is 0 Å². The Morgan fingerprint density at radius 2 is 1.89 bits per heavy atom. The van der Waals surface area contributed by atoms with Crippen LogP contribution in [0.15, 0.2) is 48.5 Å². The molecule has 0 unspecified atom stereocenters. The van der Waals surface area contributed by atoms with Gasteiger partial charge in [0.1, 0.15) is 12.1 Å². The van der Waals surface area contributed by atoms with Crippen LogP contribution in [0.1, 0.15) is 28.7 Å². The first kappa shape index (κ1) is 18.7. The molecule has 0 bridgehead atoms. The molecule has 2 aliphatic rings. The van der Waals surface area contributed by atoms with Crippen LogP contribution in [0.25, 0.3) is 0 Å². The summed E-state index contributed by atoms with van der Waals surface area (Å²) in [6.07, 6.45) is 1.20. The highest BCUT2D eigenvalue weighted by atomic mass is 16.2. The summed E-state index contributed by atoms with van der Waals surface area (Å²) in [5.41, 5.74) is 4.82. The van der Waals surface area contributed by atoms with Crippen molar-refractivity contribution in [1.82, 2.24) is 15.5 Å². The van der Waals surface area contributed by atoms with E-state index in [0.29, 0.717) is 19.4 Å². The maximum absolute atomic E-state index is 13.0. The van der Waals surface area contributed by atoms with E-state index in [0.717, 1.165) is 12.1 Å². The third kappa shape index (κ3) is 3.80. The maximum atomic E-state index is 13.0. The van der Waals surface area contributed by atoms with E-state index < -0.39 is 6.04 Å². The predicted octanol–water partition coefficient (Wildman–Crippen LogP) is 2.10. The Morgan fingerprint density at radius 1 is 1.11 bits per heavy atom. The van der Waals surface area contributed by atoms with Crippen LogP contribution in [0.2, 0.25) is 0 Å². The first-order valence-corrected chi connectivity index (χ1v) is 9.95. The molecule has 2 heterocycles. The minimum Gasteiger partial charge on any atom is -0.342 e. The van der Waals surface area contributed by atoms with Gasteiger partial charge in [-0.15, -0.1) is 0 Å². The van der Waals surface area contributed by atoms with Gasteiger partial charge in [-0.3, -0.25) is 9.59 Å². The second-order valence-corrected chi connectivity index (χ2v) is 8.00. The lowest BCUT2D eigenvalue weighted by molar-refractivity contribution is -0.147. The van der Waals surface area contributed by atoms with Gasteiger partial charge in [0.05, 0.1) is 0 Å². The summed E-state index contributed by atoms with van der Waals surface area (Å²) in [5, 5.41) is 6.49. The van der Waals surface area contributed by atoms with Gasteiger partial charge in [0.25, 0.3) is 0 Å². The van der Waals surface area contributed by atoms with Crippen LogP contribution in [0.3, 0.4) is 0 Å². The third-order valence-corrected chi connectivity index (χ3v) is 5.87. The van der Waals surface area contributed by atoms with Gasteiger partial charge in [0.15, 0.2) is 0 Å². The number of carbonyl (C=O) groups excluding carboxylic acids is 2. The lowest BCUT2D eigenvalue weighted by Gasteiger charge is -2.34. The van der Waals surface area contributed by atoms with Crippen LogP contribution >= 0.6 is 0 Å². The van der Waals surface area contributed by atoms with Crippen LogP contribution in [-0.2, 0) is 22.6 Å². The van der Waals surface area contributed by atoms with Gasteiger partial charge < -0.3 is 15.5 Å². The minimum atomic E-state index is -0.469. The zero-order chi connectivity index (χ0) is 19.7. The number of nitrogens with zero attached hydrogens (tertiary/aromatic N) is 1. The number of hydrogen-bond acceptors (Lipinski definition) is 3. The normalized spacial score (nSPS) is 24.2. The average Bonchev–Trinajstić information content (AvgIpc) is 3.13. The van der Waals surface area contributed by atoms with E-state index in [-0.39, 0.29) is 23.9 Å². The van der Waals surface area contributed by atoms with Gasteiger partial charge in [-0.1, -0.05) is 54.1 Å². The van der Waals surface area contributed by atoms with Crippen molar-refractivity contribution in [3.8, 4) is 0 Å². The second-order valence-electron chi connectivity index (χ2n) is 8.00. The van der Waals surface area contributed by atoms with E-state index >= 15 is 0 Å². The monoisotopic (exact) mass is 377 g/mol. The molecule has 5 nitrogen and oxygen atoms in total. The fourth-order valence-electron chi connectivity index (χ4n) is 4.24. The molecule has 0 aromatic heterocycles. The van der Waals surface area contributed by atoms with Gasteiger partial charge in [-0.05, 0) is 37.0 Å². The minimum absolute atomic E-state index is 0.0310. The largest absolute Gasteiger partial charge is 0.342 e. The molecule has 146 valence electrons. The van der Waals surface area contributed by atoms with Crippen molar-refractivity contribution < 1.29 is 9.59 Å². The molecule has 0 aliphatic carbocycles. The van der Waals surface area contributed by atoms with Crippen LogP contribution in [-0.4, -0.2) is 41.4 Å². The highest BCUT2D eigenvalue weighted by molar-refractivity contribution is 5.97. The van der Waals surface area contributed by atoms with Crippen molar-refractivity contribution in [3.63, 3.8) is 0 Å². The number of benzene rings is 2. The number of rotatable bonds is 5. The van der Waals surface area contributed by atoms with Gasteiger partial charge in [0, 0.05) is 25.6 Å². The van der Waals surface area contributed by atoms with Gasteiger partial charge >= 0.3 is 0 Å². The van der Waals surface area contributed by atoms with Crippen molar-refractivity contribution in [2.24, 2.45) is 0 Å². The Hall–Kier alpha value is -2.66. The first-order valence-electron chi connectivity index (χ1n) is 9.95. The smallest absolute Gasteiger partial charge is 0.246 e.